The molecule has 1 aromatic heterocycles. The molecule has 0 amide bonds. The van der Waals surface area contributed by atoms with Crippen molar-refractivity contribution in [2.24, 2.45) is 0 Å². The summed E-state index contributed by atoms with van der Waals surface area (Å²) >= 11 is 12.1. The Kier molecular flexibility index (Phi) is 5.26. The van der Waals surface area contributed by atoms with Crippen LogP contribution >= 0.6 is 23.2 Å². The number of ether oxygens (including phenoxy) is 1. The molecule has 0 aliphatic rings. The first-order valence-corrected chi connectivity index (χ1v) is 8.27. The molecule has 1 heterocycles. The fourth-order valence-corrected chi connectivity index (χ4v) is 2.82. The van der Waals surface area contributed by atoms with Crippen molar-refractivity contribution in [1.82, 2.24) is 9.97 Å². The normalized spacial score (nSPS) is 10.4. The van der Waals surface area contributed by atoms with Crippen molar-refractivity contribution in [1.29, 1.82) is 0 Å². The van der Waals surface area contributed by atoms with Crippen LogP contribution in [-0.4, -0.2) is 17.1 Å². The summed E-state index contributed by atoms with van der Waals surface area (Å²) in [5.74, 6) is 1.87. The molecule has 2 aromatic carbocycles. The van der Waals surface area contributed by atoms with Gasteiger partial charge < -0.3 is 15.4 Å². The fraction of sp³-hybridized carbons (Fsp3) is 0.111. The van der Waals surface area contributed by atoms with E-state index >= 15 is 0 Å². The lowest BCUT2D eigenvalue weighted by atomic mass is 10.3. The lowest BCUT2D eigenvalue weighted by molar-refractivity contribution is 0.415. The summed E-state index contributed by atoms with van der Waals surface area (Å²) in [6.45, 7) is 1.90. The molecule has 3 rings (SSSR count). The Bertz CT molecular complexity index is 882. The minimum Gasteiger partial charge on any atom is -0.497 e. The highest BCUT2D eigenvalue weighted by molar-refractivity contribution is 6.35. The largest absolute Gasteiger partial charge is 0.497 e. The second-order valence-electron chi connectivity index (χ2n) is 5.36. The van der Waals surface area contributed by atoms with Crippen LogP contribution in [0.5, 0.6) is 5.75 Å². The Hall–Kier alpha value is -2.50. The van der Waals surface area contributed by atoms with Crippen molar-refractivity contribution < 1.29 is 4.74 Å². The molecule has 0 radical (unpaired) electrons. The molecule has 0 atom stereocenters. The van der Waals surface area contributed by atoms with Crippen LogP contribution in [0.2, 0.25) is 10.0 Å². The SMILES string of the molecule is COc1cccc(Nc2nc(C)cc(Nc3cc(Cl)cc(Cl)c3)n2)c1. The smallest absolute Gasteiger partial charge is 0.229 e. The van der Waals surface area contributed by atoms with E-state index in [0.29, 0.717) is 21.8 Å². The van der Waals surface area contributed by atoms with Gasteiger partial charge in [0.2, 0.25) is 5.95 Å². The number of aromatic nitrogens is 2. The predicted molar refractivity (Wildman–Crippen MR) is 103 cm³/mol. The van der Waals surface area contributed by atoms with Crippen LogP contribution < -0.4 is 15.4 Å². The van der Waals surface area contributed by atoms with Gasteiger partial charge in [-0.2, -0.15) is 4.98 Å². The second kappa shape index (κ2) is 7.59. The summed E-state index contributed by atoms with van der Waals surface area (Å²) in [6.07, 6.45) is 0. The van der Waals surface area contributed by atoms with Gasteiger partial charge in [0.05, 0.1) is 7.11 Å². The van der Waals surface area contributed by atoms with Crippen LogP contribution in [0.15, 0.2) is 48.5 Å². The highest BCUT2D eigenvalue weighted by atomic mass is 35.5. The van der Waals surface area contributed by atoms with Crippen LogP contribution in [0, 0.1) is 6.92 Å². The molecule has 0 saturated heterocycles. The number of nitrogens with one attached hydrogen (secondary N) is 2. The number of benzene rings is 2. The molecule has 0 fully saturated rings. The topological polar surface area (TPSA) is 59.1 Å². The quantitative estimate of drug-likeness (QED) is 0.609. The maximum Gasteiger partial charge on any atom is 0.229 e. The van der Waals surface area contributed by atoms with E-state index in [1.54, 1.807) is 25.3 Å². The van der Waals surface area contributed by atoms with Gasteiger partial charge in [-0.3, -0.25) is 0 Å². The average molecular weight is 375 g/mol. The Balaban J connectivity index is 1.84. The molecular formula is C18H16Cl2N4O. The van der Waals surface area contributed by atoms with Gasteiger partial charge in [-0.25, -0.2) is 4.98 Å². The summed E-state index contributed by atoms with van der Waals surface area (Å²) in [5.41, 5.74) is 2.40. The van der Waals surface area contributed by atoms with Crippen LogP contribution in [0.1, 0.15) is 5.69 Å². The monoisotopic (exact) mass is 374 g/mol. The van der Waals surface area contributed by atoms with Crippen molar-refractivity contribution in [2.75, 3.05) is 17.7 Å². The molecule has 0 unspecified atom stereocenters. The third-order valence-corrected chi connectivity index (χ3v) is 3.75. The second-order valence-corrected chi connectivity index (χ2v) is 6.23. The molecule has 25 heavy (non-hydrogen) atoms. The molecule has 2 N–H and O–H groups in total. The molecule has 0 spiro atoms. The molecule has 0 aliphatic carbocycles. The van der Waals surface area contributed by atoms with Crippen LogP contribution in [0.3, 0.4) is 0 Å². The number of aryl methyl sites for hydroxylation is 1. The predicted octanol–water partition coefficient (Wildman–Crippen LogP) is 5.59. The van der Waals surface area contributed by atoms with Crippen molar-refractivity contribution >= 4 is 46.3 Å². The molecule has 7 heteroatoms. The van der Waals surface area contributed by atoms with Gasteiger partial charge in [0.25, 0.3) is 0 Å². The van der Waals surface area contributed by atoms with Crippen molar-refractivity contribution in [3.05, 3.63) is 64.3 Å². The van der Waals surface area contributed by atoms with Gasteiger partial charge in [0.1, 0.15) is 11.6 Å². The van der Waals surface area contributed by atoms with Gasteiger partial charge in [0.15, 0.2) is 0 Å². The molecule has 128 valence electrons. The Labute approximate surface area is 156 Å². The molecule has 0 bridgehead atoms. The lowest BCUT2D eigenvalue weighted by Crippen LogP contribution is -2.02. The zero-order valence-electron chi connectivity index (χ0n) is 13.7. The third-order valence-electron chi connectivity index (χ3n) is 3.32. The zero-order chi connectivity index (χ0) is 17.8. The summed E-state index contributed by atoms with van der Waals surface area (Å²) in [7, 11) is 1.63. The highest BCUT2D eigenvalue weighted by Gasteiger charge is 2.06. The van der Waals surface area contributed by atoms with Gasteiger partial charge in [-0.05, 0) is 37.3 Å². The fourth-order valence-electron chi connectivity index (χ4n) is 2.29. The standard InChI is InChI=1S/C18H16Cl2N4O/c1-11-6-17(22-15-8-12(19)7-13(20)9-15)24-18(21-11)23-14-4-3-5-16(10-14)25-2/h3-10H,1-2H3,(H2,21,22,23,24). The number of rotatable bonds is 5. The van der Waals surface area contributed by atoms with Crippen molar-refractivity contribution in [2.45, 2.75) is 6.92 Å². The van der Waals surface area contributed by atoms with Crippen LogP contribution in [0.4, 0.5) is 23.1 Å². The molecule has 3 aromatic rings. The minimum absolute atomic E-state index is 0.476. The Morgan fingerprint density at radius 3 is 2.36 bits per heavy atom. The third kappa shape index (κ3) is 4.75. The number of halogens is 2. The number of hydrogen-bond donors (Lipinski definition) is 2. The van der Waals surface area contributed by atoms with Gasteiger partial charge in [-0.15, -0.1) is 0 Å². The minimum atomic E-state index is 0.476. The lowest BCUT2D eigenvalue weighted by Gasteiger charge is -2.11. The Morgan fingerprint density at radius 1 is 0.880 bits per heavy atom. The first kappa shape index (κ1) is 17.3. The van der Waals surface area contributed by atoms with E-state index in [2.05, 4.69) is 20.6 Å². The van der Waals surface area contributed by atoms with Gasteiger partial charge in [-0.1, -0.05) is 29.3 Å². The van der Waals surface area contributed by atoms with Crippen molar-refractivity contribution in [3.8, 4) is 5.75 Å². The van der Waals surface area contributed by atoms with Gasteiger partial charge >= 0.3 is 0 Å². The van der Waals surface area contributed by atoms with E-state index in [9.17, 15) is 0 Å². The molecule has 0 aliphatic heterocycles. The summed E-state index contributed by atoms with van der Waals surface area (Å²) in [5, 5.41) is 7.47. The van der Waals surface area contributed by atoms with E-state index < -0.39 is 0 Å². The summed E-state index contributed by atoms with van der Waals surface area (Å²) in [6, 6.07) is 14.6. The highest BCUT2D eigenvalue weighted by Crippen LogP contribution is 2.26. The van der Waals surface area contributed by atoms with E-state index in [0.717, 1.165) is 22.8 Å². The van der Waals surface area contributed by atoms with Crippen molar-refractivity contribution in [3.63, 3.8) is 0 Å². The first-order valence-electron chi connectivity index (χ1n) is 7.52. The maximum atomic E-state index is 6.03. The number of anilines is 4. The Morgan fingerprint density at radius 2 is 1.64 bits per heavy atom. The van der Waals surface area contributed by atoms with E-state index in [1.807, 2.05) is 37.3 Å². The first-order chi connectivity index (χ1) is 12.0. The van der Waals surface area contributed by atoms with E-state index in [4.69, 9.17) is 27.9 Å². The van der Waals surface area contributed by atoms with Gasteiger partial charge in [0, 0.05) is 39.2 Å². The molecular weight excluding hydrogens is 359 g/mol. The number of nitrogens with zero attached hydrogens (tertiary/aromatic N) is 2. The van der Waals surface area contributed by atoms with E-state index in [1.165, 1.54) is 0 Å². The maximum absolute atomic E-state index is 6.03. The zero-order valence-corrected chi connectivity index (χ0v) is 15.2. The van der Waals surface area contributed by atoms with Crippen LogP contribution in [-0.2, 0) is 0 Å². The number of methoxy groups -OCH3 is 1. The number of hydrogen-bond acceptors (Lipinski definition) is 5. The van der Waals surface area contributed by atoms with Crippen LogP contribution in [0.25, 0.3) is 0 Å². The summed E-state index contributed by atoms with van der Waals surface area (Å²) in [4.78, 5) is 8.88. The average Bonchev–Trinajstić information content (AvgIpc) is 2.53. The summed E-state index contributed by atoms with van der Waals surface area (Å²) < 4.78 is 5.22. The molecule has 5 nitrogen and oxygen atoms in total. The van der Waals surface area contributed by atoms with E-state index in [-0.39, 0.29) is 0 Å². The molecule has 0 saturated carbocycles.